The van der Waals surface area contributed by atoms with Crippen LogP contribution in [0.4, 0.5) is 0 Å². The molecule has 0 aromatic rings. The third-order valence-corrected chi connectivity index (χ3v) is 0.672. The van der Waals surface area contributed by atoms with Gasteiger partial charge in [-0.15, -0.1) is 0 Å². The monoisotopic (exact) mass is 104 g/mol. The molecule has 0 heterocycles. The number of carboxylic acid groups (broad SMARTS) is 1. The molecule has 0 aromatic carbocycles. The van der Waals surface area contributed by atoms with Gasteiger partial charge in [0, 0.05) is 0 Å². The molecule has 1 atom stereocenters. The Morgan fingerprint density at radius 2 is 2.29 bits per heavy atom. The van der Waals surface area contributed by atoms with E-state index in [-0.39, 0.29) is 6.42 Å². The molecule has 0 rings (SSSR count). The van der Waals surface area contributed by atoms with Gasteiger partial charge < -0.3 is 10.2 Å². The van der Waals surface area contributed by atoms with Crippen molar-refractivity contribution < 1.29 is 15.0 Å². The predicted molar refractivity (Wildman–Crippen MR) is 23.9 cm³/mol. The Kier molecular flexibility index (Phi) is 2.37. The second-order valence-electron chi connectivity index (χ2n) is 1.26. The summed E-state index contributed by atoms with van der Waals surface area (Å²) in [7, 11) is 0. The summed E-state index contributed by atoms with van der Waals surface area (Å²) in [6, 6.07) is 0. The van der Waals surface area contributed by atoms with E-state index < -0.39 is 12.1 Å². The molecule has 3 nitrogen and oxygen atoms in total. The fourth-order valence-corrected chi connectivity index (χ4v) is 0.175. The van der Waals surface area contributed by atoms with Crippen molar-refractivity contribution in [2.24, 2.45) is 0 Å². The Labute approximate surface area is 41.6 Å². The fraction of sp³-hybridized carbons (Fsp3) is 0.750. The number of carboxylic acids is 1. The third kappa shape index (κ3) is 2.17. The van der Waals surface area contributed by atoms with E-state index in [1.54, 1.807) is 6.92 Å². The van der Waals surface area contributed by atoms with Gasteiger partial charge in [-0.3, -0.25) is 0 Å². The van der Waals surface area contributed by atoms with Crippen molar-refractivity contribution in [1.82, 2.24) is 0 Å². The third-order valence-electron chi connectivity index (χ3n) is 0.672. The largest absolute Gasteiger partial charge is 0.479 e. The molecule has 0 saturated heterocycles. The number of aliphatic hydroxyl groups excluding tert-OH is 1. The van der Waals surface area contributed by atoms with Crippen LogP contribution in [0.2, 0.25) is 0 Å². The van der Waals surface area contributed by atoms with E-state index in [2.05, 4.69) is 0 Å². The summed E-state index contributed by atoms with van der Waals surface area (Å²) in [6.45, 7) is 1.61. The van der Waals surface area contributed by atoms with Gasteiger partial charge in [0.15, 0.2) is 6.10 Å². The summed E-state index contributed by atoms with van der Waals surface area (Å²) in [5.41, 5.74) is 0. The minimum Gasteiger partial charge on any atom is -0.479 e. The second-order valence-corrected chi connectivity index (χ2v) is 1.26. The van der Waals surface area contributed by atoms with Gasteiger partial charge in [-0.05, 0) is 6.42 Å². The van der Waals surface area contributed by atoms with Gasteiger partial charge in [-0.2, -0.15) is 0 Å². The minimum absolute atomic E-state index is 0.273. The average Bonchev–Trinajstić information content (AvgIpc) is 1.65. The van der Waals surface area contributed by atoms with Gasteiger partial charge in [0.2, 0.25) is 0 Å². The van der Waals surface area contributed by atoms with Crippen LogP contribution in [-0.2, 0) is 4.79 Å². The summed E-state index contributed by atoms with van der Waals surface area (Å²) in [5.74, 6) is -1.15. The standard InChI is InChI=1S/C4H8O3/c1-2-3(5)4(6)7/h3,5H,2H2,1H3,(H,6,7)/t3-/m1/s1. The normalized spacial score (nSPS) is 13.4. The van der Waals surface area contributed by atoms with Crippen LogP contribution in [0.25, 0.3) is 0 Å². The molecule has 0 spiro atoms. The summed E-state index contributed by atoms with van der Waals surface area (Å²) >= 11 is 0. The maximum Gasteiger partial charge on any atom is 0.332 e. The Balaban J connectivity index is 3.34. The van der Waals surface area contributed by atoms with Crippen molar-refractivity contribution >= 4 is 5.97 Å². The first-order valence-corrected chi connectivity index (χ1v) is 2.09. The maximum atomic E-state index is 9.68. The fourth-order valence-electron chi connectivity index (χ4n) is 0.175. The Morgan fingerprint density at radius 1 is 1.86 bits per heavy atom. The molecular weight excluding hydrogens is 96.0 g/mol. The van der Waals surface area contributed by atoms with Gasteiger partial charge in [-0.1, -0.05) is 6.92 Å². The molecule has 0 fully saturated rings. The van der Waals surface area contributed by atoms with Crippen molar-refractivity contribution in [3.63, 3.8) is 0 Å². The van der Waals surface area contributed by atoms with E-state index >= 15 is 0 Å². The smallest absolute Gasteiger partial charge is 0.332 e. The topological polar surface area (TPSA) is 57.5 Å². The summed E-state index contributed by atoms with van der Waals surface area (Å²) < 4.78 is 0. The van der Waals surface area contributed by atoms with Crippen LogP contribution in [0.1, 0.15) is 13.3 Å². The highest BCUT2D eigenvalue weighted by atomic mass is 16.4. The lowest BCUT2D eigenvalue weighted by Gasteiger charge is -1.95. The summed E-state index contributed by atoms with van der Waals surface area (Å²) in [6.07, 6.45) is -0.907. The van der Waals surface area contributed by atoms with Gasteiger partial charge in [-0.25, -0.2) is 4.79 Å². The SMILES string of the molecule is CC[C@@H](O)C(=O)O. The molecule has 3 heteroatoms. The molecule has 0 unspecified atom stereocenters. The molecule has 0 saturated carbocycles. The lowest BCUT2D eigenvalue weighted by Crippen LogP contribution is -2.17. The van der Waals surface area contributed by atoms with Crippen LogP contribution in [0.5, 0.6) is 0 Å². The molecule has 0 bridgehead atoms. The van der Waals surface area contributed by atoms with E-state index in [0.717, 1.165) is 0 Å². The van der Waals surface area contributed by atoms with Crippen LogP contribution >= 0.6 is 0 Å². The average molecular weight is 104 g/mol. The maximum absolute atomic E-state index is 9.68. The van der Waals surface area contributed by atoms with Crippen molar-refractivity contribution in [3.8, 4) is 0 Å². The van der Waals surface area contributed by atoms with E-state index in [9.17, 15) is 4.79 Å². The van der Waals surface area contributed by atoms with Crippen molar-refractivity contribution in [2.75, 3.05) is 0 Å². The van der Waals surface area contributed by atoms with Crippen LogP contribution < -0.4 is 0 Å². The van der Waals surface area contributed by atoms with Crippen LogP contribution in [0.15, 0.2) is 0 Å². The molecule has 0 aliphatic heterocycles. The molecular formula is C4H8O3. The first-order chi connectivity index (χ1) is 3.18. The molecule has 0 aromatic heterocycles. The zero-order valence-electron chi connectivity index (χ0n) is 4.09. The quantitative estimate of drug-likeness (QED) is 0.512. The number of hydrogen-bond donors (Lipinski definition) is 2. The summed E-state index contributed by atoms with van der Waals surface area (Å²) in [5, 5.41) is 16.3. The highest BCUT2D eigenvalue weighted by molar-refractivity contribution is 5.71. The Hall–Kier alpha value is -0.570. The van der Waals surface area contributed by atoms with Crippen LogP contribution in [0, 0.1) is 0 Å². The van der Waals surface area contributed by atoms with Crippen molar-refractivity contribution in [3.05, 3.63) is 0 Å². The highest BCUT2D eigenvalue weighted by Crippen LogP contribution is 1.86. The highest BCUT2D eigenvalue weighted by Gasteiger charge is 2.07. The van der Waals surface area contributed by atoms with Crippen LogP contribution in [-0.4, -0.2) is 22.3 Å². The first-order valence-electron chi connectivity index (χ1n) is 2.09. The lowest BCUT2D eigenvalue weighted by atomic mass is 10.3. The zero-order chi connectivity index (χ0) is 5.86. The number of hydrogen-bond acceptors (Lipinski definition) is 2. The van der Waals surface area contributed by atoms with E-state index in [1.165, 1.54) is 0 Å². The van der Waals surface area contributed by atoms with Crippen LogP contribution in [0.3, 0.4) is 0 Å². The number of carbonyl (C=O) groups is 1. The molecule has 2 N–H and O–H groups in total. The number of rotatable bonds is 2. The molecule has 0 aliphatic carbocycles. The van der Waals surface area contributed by atoms with Gasteiger partial charge in [0.25, 0.3) is 0 Å². The summed E-state index contributed by atoms with van der Waals surface area (Å²) in [4.78, 5) is 9.68. The van der Waals surface area contributed by atoms with Gasteiger partial charge >= 0.3 is 5.97 Å². The minimum atomic E-state index is -1.18. The van der Waals surface area contributed by atoms with Crippen molar-refractivity contribution in [2.45, 2.75) is 19.4 Å². The van der Waals surface area contributed by atoms with Gasteiger partial charge in [0.05, 0.1) is 0 Å². The Bertz CT molecular complexity index is 69.3. The van der Waals surface area contributed by atoms with E-state index in [0.29, 0.717) is 0 Å². The van der Waals surface area contributed by atoms with E-state index in [1.807, 2.05) is 0 Å². The molecule has 7 heavy (non-hydrogen) atoms. The first kappa shape index (κ1) is 6.43. The molecule has 42 valence electrons. The number of aliphatic carboxylic acids is 1. The molecule has 0 aliphatic rings. The lowest BCUT2D eigenvalue weighted by molar-refractivity contribution is -0.146. The number of aliphatic hydroxyl groups is 1. The second kappa shape index (κ2) is 2.58. The van der Waals surface area contributed by atoms with E-state index in [4.69, 9.17) is 10.2 Å². The van der Waals surface area contributed by atoms with Crippen molar-refractivity contribution in [1.29, 1.82) is 0 Å². The predicted octanol–water partition coefficient (Wildman–Crippen LogP) is -0.158. The molecule has 0 amide bonds. The van der Waals surface area contributed by atoms with Gasteiger partial charge in [0.1, 0.15) is 0 Å². The molecule has 0 radical (unpaired) electrons. The Morgan fingerprint density at radius 3 is 2.29 bits per heavy atom. The zero-order valence-corrected chi connectivity index (χ0v) is 4.09.